The smallest absolute Gasteiger partial charge is 0.231 e. The molecule has 2 atom stereocenters. The minimum absolute atomic E-state index is 0.341. The van der Waals surface area contributed by atoms with E-state index in [0.29, 0.717) is 18.9 Å². The van der Waals surface area contributed by atoms with Crippen molar-refractivity contribution in [3.05, 3.63) is 59.7 Å². The van der Waals surface area contributed by atoms with Gasteiger partial charge in [-0.1, -0.05) is 36.4 Å². The molecule has 3 heteroatoms. The van der Waals surface area contributed by atoms with Crippen molar-refractivity contribution in [1.82, 2.24) is 5.32 Å². The van der Waals surface area contributed by atoms with E-state index in [-0.39, 0.29) is 0 Å². The Balaban J connectivity index is 1.46. The van der Waals surface area contributed by atoms with E-state index >= 15 is 0 Å². The van der Waals surface area contributed by atoms with Crippen LogP contribution in [0.4, 0.5) is 0 Å². The third-order valence-corrected chi connectivity index (χ3v) is 4.85. The first kappa shape index (κ1) is 14.6. The van der Waals surface area contributed by atoms with E-state index < -0.39 is 0 Å². The van der Waals surface area contributed by atoms with Crippen LogP contribution in [0.5, 0.6) is 11.5 Å². The van der Waals surface area contributed by atoms with Crippen molar-refractivity contribution < 1.29 is 9.47 Å². The zero-order valence-corrected chi connectivity index (χ0v) is 13.5. The molecule has 2 aliphatic rings. The predicted octanol–water partition coefficient (Wildman–Crippen LogP) is 4.09. The van der Waals surface area contributed by atoms with E-state index in [0.717, 1.165) is 23.8 Å². The minimum Gasteiger partial charge on any atom is -0.454 e. The van der Waals surface area contributed by atoms with Gasteiger partial charge in [-0.05, 0) is 55.4 Å². The quantitative estimate of drug-likeness (QED) is 0.872. The minimum atomic E-state index is 0.341. The van der Waals surface area contributed by atoms with Gasteiger partial charge in [0.05, 0.1) is 0 Å². The van der Waals surface area contributed by atoms with Crippen LogP contribution >= 0.6 is 0 Å². The molecule has 1 heterocycles. The lowest BCUT2D eigenvalue weighted by Gasteiger charge is -2.24. The Bertz CT molecular complexity index is 667. The number of rotatable bonds is 6. The summed E-state index contributed by atoms with van der Waals surface area (Å²) in [7, 11) is 0. The summed E-state index contributed by atoms with van der Waals surface area (Å²) in [6.07, 6.45) is 3.71. The summed E-state index contributed by atoms with van der Waals surface area (Å²) in [5.74, 6) is 2.54. The van der Waals surface area contributed by atoms with E-state index in [4.69, 9.17) is 9.47 Å². The first-order valence-corrected chi connectivity index (χ1v) is 8.49. The normalized spacial score (nSPS) is 18.7. The molecule has 23 heavy (non-hydrogen) atoms. The Morgan fingerprint density at radius 3 is 2.61 bits per heavy atom. The molecule has 0 spiro atoms. The monoisotopic (exact) mass is 309 g/mol. The Labute approximate surface area is 137 Å². The van der Waals surface area contributed by atoms with Gasteiger partial charge in [0.1, 0.15) is 0 Å². The van der Waals surface area contributed by atoms with Crippen molar-refractivity contribution in [3.63, 3.8) is 0 Å². The van der Waals surface area contributed by atoms with E-state index in [2.05, 4.69) is 54.7 Å². The molecule has 1 saturated carbocycles. The number of hydrogen-bond acceptors (Lipinski definition) is 3. The second-order valence-corrected chi connectivity index (χ2v) is 6.63. The fourth-order valence-electron chi connectivity index (χ4n) is 3.34. The number of ether oxygens (including phenoxy) is 2. The molecule has 1 aliphatic heterocycles. The second kappa shape index (κ2) is 6.25. The van der Waals surface area contributed by atoms with Gasteiger partial charge < -0.3 is 14.8 Å². The fourth-order valence-corrected chi connectivity index (χ4v) is 3.34. The number of benzene rings is 2. The molecule has 0 aromatic heterocycles. The zero-order chi connectivity index (χ0) is 15.6. The van der Waals surface area contributed by atoms with E-state index in [1.54, 1.807) is 0 Å². The molecule has 0 bridgehead atoms. The van der Waals surface area contributed by atoms with Crippen LogP contribution in [-0.2, 0) is 6.42 Å². The summed E-state index contributed by atoms with van der Waals surface area (Å²) >= 11 is 0. The highest BCUT2D eigenvalue weighted by molar-refractivity contribution is 5.44. The summed E-state index contributed by atoms with van der Waals surface area (Å²) in [4.78, 5) is 0. The van der Waals surface area contributed by atoms with Crippen molar-refractivity contribution >= 4 is 0 Å². The third kappa shape index (κ3) is 3.35. The van der Waals surface area contributed by atoms with Crippen LogP contribution in [0.15, 0.2) is 48.5 Å². The molecular weight excluding hydrogens is 286 g/mol. The van der Waals surface area contributed by atoms with Crippen LogP contribution < -0.4 is 14.8 Å². The average Bonchev–Trinajstić information content (AvgIpc) is 3.33. The lowest BCUT2D eigenvalue weighted by molar-refractivity contribution is 0.174. The molecule has 3 nitrogen and oxygen atoms in total. The molecular formula is C20H23NO2. The Kier molecular flexibility index (Phi) is 3.96. The van der Waals surface area contributed by atoms with Crippen LogP contribution in [0, 0.1) is 5.92 Å². The molecule has 0 amide bonds. The largest absolute Gasteiger partial charge is 0.454 e. The third-order valence-electron chi connectivity index (χ3n) is 4.85. The van der Waals surface area contributed by atoms with Crippen LogP contribution in [0.25, 0.3) is 0 Å². The fraction of sp³-hybridized carbons (Fsp3) is 0.400. The lowest BCUT2D eigenvalue weighted by atomic mass is 9.99. The van der Waals surface area contributed by atoms with Gasteiger partial charge in [-0.15, -0.1) is 0 Å². The standard InChI is InChI=1S/C20H23NO2/c1-14(16-5-3-2-4-6-16)21-18(17-8-9-17)11-15-7-10-19-20(12-15)23-13-22-19/h2-7,10,12,14,17-18,21H,8-9,11,13H2,1H3/t14-,18+/m1/s1. The Morgan fingerprint density at radius 1 is 1.04 bits per heavy atom. The van der Waals surface area contributed by atoms with Crippen LogP contribution in [-0.4, -0.2) is 12.8 Å². The van der Waals surface area contributed by atoms with Gasteiger partial charge in [-0.2, -0.15) is 0 Å². The van der Waals surface area contributed by atoms with E-state index in [1.807, 2.05) is 6.07 Å². The summed E-state index contributed by atoms with van der Waals surface area (Å²) in [6, 6.07) is 17.9. The lowest BCUT2D eigenvalue weighted by Crippen LogP contribution is -2.35. The number of nitrogens with one attached hydrogen (secondary N) is 1. The topological polar surface area (TPSA) is 30.5 Å². The number of hydrogen-bond donors (Lipinski definition) is 1. The van der Waals surface area contributed by atoms with Gasteiger partial charge in [0.15, 0.2) is 11.5 Å². The maximum atomic E-state index is 5.50. The van der Waals surface area contributed by atoms with Gasteiger partial charge in [-0.25, -0.2) is 0 Å². The number of fused-ring (bicyclic) bond motifs is 1. The molecule has 2 aromatic carbocycles. The van der Waals surface area contributed by atoms with E-state index in [9.17, 15) is 0 Å². The highest BCUT2D eigenvalue weighted by atomic mass is 16.7. The van der Waals surface area contributed by atoms with Gasteiger partial charge >= 0.3 is 0 Å². The van der Waals surface area contributed by atoms with Crippen molar-refractivity contribution in [1.29, 1.82) is 0 Å². The van der Waals surface area contributed by atoms with Crippen LogP contribution in [0.3, 0.4) is 0 Å². The highest BCUT2D eigenvalue weighted by Gasteiger charge is 2.32. The highest BCUT2D eigenvalue weighted by Crippen LogP contribution is 2.37. The molecule has 4 rings (SSSR count). The maximum absolute atomic E-state index is 5.50. The summed E-state index contributed by atoms with van der Waals surface area (Å²) in [5, 5.41) is 3.84. The van der Waals surface area contributed by atoms with Gasteiger partial charge in [0.25, 0.3) is 0 Å². The molecule has 0 unspecified atom stereocenters. The predicted molar refractivity (Wildman–Crippen MR) is 90.8 cm³/mol. The zero-order valence-electron chi connectivity index (χ0n) is 13.5. The molecule has 120 valence electrons. The Hall–Kier alpha value is -2.00. The molecule has 0 radical (unpaired) electrons. The molecule has 0 saturated heterocycles. The Morgan fingerprint density at radius 2 is 1.83 bits per heavy atom. The van der Waals surface area contributed by atoms with Crippen molar-refractivity contribution in [3.8, 4) is 11.5 Å². The van der Waals surface area contributed by atoms with Gasteiger partial charge in [0, 0.05) is 12.1 Å². The van der Waals surface area contributed by atoms with Gasteiger partial charge in [-0.3, -0.25) is 0 Å². The van der Waals surface area contributed by atoms with Crippen molar-refractivity contribution in [2.75, 3.05) is 6.79 Å². The summed E-state index contributed by atoms with van der Waals surface area (Å²) < 4.78 is 10.9. The molecule has 1 fully saturated rings. The average molecular weight is 309 g/mol. The maximum Gasteiger partial charge on any atom is 0.231 e. The van der Waals surface area contributed by atoms with Gasteiger partial charge in [0.2, 0.25) is 6.79 Å². The van der Waals surface area contributed by atoms with Crippen LogP contribution in [0.2, 0.25) is 0 Å². The molecule has 1 N–H and O–H groups in total. The van der Waals surface area contributed by atoms with Crippen LogP contribution in [0.1, 0.15) is 36.9 Å². The summed E-state index contributed by atoms with van der Waals surface area (Å²) in [6.45, 7) is 2.60. The van der Waals surface area contributed by atoms with E-state index in [1.165, 1.54) is 24.0 Å². The molecule has 2 aromatic rings. The first-order valence-electron chi connectivity index (χ1n) is 8.49. The first-order chi connectivity index (χ1) is 11.3. The molecule has 1 aliphatic carbocycles. The summed E-state index contributed by atoms with van der Waals surface area (Å²) in [5.41, 5.74) is 2.67. The van der Waals surface area contributed by atoms with Crippen molar-refractivity contribution in [2.24, 2.45) is 5.92 Å². The second-order valence-electron chi connectivity index (χ2n) is 6.63. The van der Waals surface area contributed by atoms with Crippen molar-refractivity contribution in [2.45, 2.75) is 38.3 Å². The SMILES string of the molecule is C[C@@H](N[C@@H](Cc1ccc2c(c1)OCO2)C1CC1)c1ccccc1.